The van der Waals surface area contributed by atoms with Crippen LogP contribution in [0.1, 0.15) is 19.8 Å². The number of hydrogen-bond donors (Lipinski definition) is 0. The Morgan fingerprint density at radius 2 is 2.55 bits per heavy atom. The molecule has 0 saturated carbocycles. The molecule has 1 saturated heterocycles. The molecule has 11 heavy (non-hydrogen) atoms. The number of likely N-dealkylation sites (tertiary alicyclic amines) is 1. The highest BCUT2D eigenvalue weighted by molar-refractivity contribution is 4.87. The SMILES string of the molecule is CCOCC1CCCN1C#N. The molecule has 3 heteroatoms. The molecule has 1 aliphatic heterocycles. The summed E-state index contributed by atoms with van der Waals surface area (Å²) < 4.78 is 5.26. The molecule has 0 aromatic rings. The largest absolute Gasteiger partial charge is 0.380 e. The molecule has 62 valence electrons. The van der Waals surface area contributed by atoms with Crippen LogP contribution in [0.3, 0.4) is 0 Å². The first kappa shape index (κ1) is 8.35. The van der Waals surface area contributed by atoms with Crippen LogP contribution in [0.2, 0.25) is 0 Å². The summed E-state index contributed by atoms with van der Waals surface area (Å²) in [6.07, 6.45) is 4.41. The molecule has 1 rings (SSSR count). The van der Waals surface area contributed by atoms with Gasteiger partial charge >= 0.3 is 0 Å². The van der Waals surface area contributed by atoms with Gasteiger partial charge in [0.25, 0.3) is 0 Å². The van der Waals surface area contributed by atoms with Crippen LogP contribution in [0, 0.1) is 11.5 Å². The predicted octanol–water partition coefficient (Wildman–Crippen LogP) is 0.968. The quantitative estimate of drug-likeness (QED) is 0.568. The summed E-state index contributed by atoms with van der Waals surface area (Å²) in [5, 5.41) is 8.66. The van der Waals surface area contributed by atoms with Crippen LogP contribution in [0.5, 0.6) is 0 Å². The van der Waals surface area contributed by atoms with Crippen molar-refractivity contribution in [1.82, 2.24) is 4.90 Å². The van der Waals surface area contributed by atoms with Crippen molar-refractivity contribution < 1.29 is 4.74 Å². The lowest BCUT2D eigenvalue weighted by Crippen LogP contribution is -2.28. The van der Waals surface area contributed by atoms with Crippen LogP contribution < -0.4 is 0 Å². The number of nitriles is 1. The van der Waals surface area contributed by atoms with Gasteiger partial charge in [-0.25, -0.2) is 0 Å². The Balaban J connectivity index is 2.27. The van der Waals surface area contributed by atoms with E-state index in [1.54, 1.807) is 0 Å². The van der Waals surface area contributed by atoms with Crippen molar-refractivity contribution >= 4 is 0 Å². The monoisotopic (exact) mass is 154 g/mol. The van der Waals surface area contributed by atoms with Gasteiger partial charge in [-0.3, -0.25) is 0 Å². The zero-order valence-electron chi connectivity index (χ0n) is 6.92. The van der Waals surface area contributed by atoms with E-state index >= 15 is 0 Å². The van der Waals surface area contributed by atoms with Gasteiger partial charge in [-0.05, 0) is 19.8 Å². The van der Waals surface area contributed by atoms with E-state index in [0.717, 1.165) is 26.0 Å². The number of hydrogen-bond acceptors (Lipinski definition) is 3. The molecule has 3 nitrogen and oxygen atoms in total. The smallest absolute Gasteiger partial charge is 0.179 e. The van der Waals surface area contributed by atoms with Crippen LogP contribution in [0.25, 0.3) is 0 Å². The molecular weight excluding hydrogens is 140 g/mol. The Labute approximate surface area is 67.6 Å². The van der Waals surface area contributed by atoms with Gasteiger partial charge in [-0.2, -0.15) is 5.26 Å². The van der Waals surface area contributed by atoms with Crippen molar-refractivity contribution in [3.8, 4) is 6.19 Å². The second-order valence-electron chi connectivity index (χ2n) is 2.75. The van der Waals surface area contributed by atoms with E-state index < -0.39 is 0 Å². The molecule has 1 atom stereocenters. The molecule has 1 fully saturated rings. The molecule has 0 bridgehead atoms. The lowest BCUT2D eigenvalue weighted by atomic mass is 10.2. The minimum atomic E-state index is 0.347. The first-order valence-electron chi connectivity index (χ1n) is 4.12. The van der Waals surface area contributed by atoms with Crippen LogP contribution >= 0.6 is 0 Å². The molecule has 1 unspecified atom stereocenters. The highest BCUT2D eigenvalue weighted by atomic mass is 16.5. The molecule has 0 spiro atoms. The van der Waals surface area contributed by atoms with Crippen molar-refractivity contribution in [2.24, 2.45) is 0 Å². The Morgan fingerprint density at radius 3 is 3.18 bits per heavy atom. The third kappa shape index (κ3) is 2.09. The maximum atomic E-state index is 8.66. The van der Waals surface area contributed by atoms with Gasteiger partial charge < -0.3 is 9.64 Å². The van der Waals surface area contributed by atoms with Crippen molar-refractivity contribution in [2.45, 2.75) is 25.8 Å². The summed E-state index contributed by atoms with van der Waals surface area (Å²) in [4.78, 5) is 1.82. The maximum absolute atomic E-state index is 8.66. The van der Waals surface area contributed by atoms with Crippen molar-refractivity contribution in [3.05, 3.63) is 0 Å². The van der Waals surface area contributed by atoms with Gasteiger partial charge in [0.2, 0.25) is 0 Å². The standard InChI is InChI=1S/C8H14N2O/c1-2-11-6-8-4-3-5-10(8)7-9/h8H,2-6H2,1H3. The van der Waals surface area contributed by atoms with E-state index in [-0.39, 0.29) is 0 Å². The van der Waals surface area contributed by atoms with Crippen LogP contribution in [-0.2, 0) is 4.74 Å². The Hall–Kier alpha value is -0.750. The lowest BCUT2D eigenvalue weighted by Gasteiger charge is -2.17. The second-order valence-corrected chi connectivity index (χ2v) is 2.75. The van der Waals surface area contributed by atoms with E-state index in [1.807, 2.05) is 11.8 Å². The van der Waals surface area contributed by atoms with Crippen molar-refractivity contribution in [3.63, 3.8) is 0 Å². The minimum absolute atomic E-state index is 0.347. The van der Waals surface area contributed by atoms with E-state index in [2.05, 4.69) is 6.19 Å². The van der Waals surface area contributed by atoms with E-state index in [9.17, 15) is 0 Å². The highest BCUT2D eigenvalue weighted by Gasteiger charge is 2.22. The summed E-state index contributed by atoms with van der Waals surface area (Å²) in [6.45, 7) is 4.35. The van der Waals surface area contributed by atoms with Gasteiger partial charge in [0.15, 0.2) is 6.19 Å². The summed E-state index contributed by atoms with van der Waals surface area (Å²) in [5.74, 6) is 0. The van der Waals surface area contributed by atoms with Crippen LogP contribution in [0.15, 0.2) is 0 Å². The number of ether oxygens (including phenoxy) is 1. The highest BCUT2D eigenvalue weighted by Crippen LogP contribution is 2.15. The van der Waals surface area contributed by atoms with Gasteiger partial charge in [0.05, 0.1) is 12.6 Å². The minimum Gasteiger partial charge on any atom is -0.380 e. The van der Waals surface area contributed by atoms with Gasteiger partial charge in [-0.1, -0.05) is 0 Å². The fourth-order valence-electron chi connectivity index (χ4n) is 1.39. The van der Waals surface area contributed by atoms with E-state index in [4.69, 9.17) is 10.00 Å². The van der Waals surface area contributed by atoms with E-state index in [1.165, 1.54) is 0 Å². The summed E-state index contributed by atoms with van der Waals surface area (Å²) >= 11 is 0. The third-order valence-electron chi connectivity index (χ3n) is 2.02. The first-order valence-corrected chi connectivity index (χ1v) is 4.12. The molecule has 0 aliphatic carbocycles. The van der Waals surface area contributed by atoms with Crippen LogP contribution in [0.4, 0.5) is 0 Å². The average Bonchev–Trinajstić information content (AvgIpc) is 2.47. The molecule has 1 heterocycles. The molecule has 0 aromatic carbocycles. The first-order chi connectivity index (χ1) is 5.38. The number of nitrogens with zero attached hydrogens (tertiary/aromatic N) is 2. The molecule has 0 N–H and O–H groups in total. The molecule has 0 aromatic heterocycles. The summed E-state index contributed by atoms with van der Waals surface area (Å²) in [6, 6.07) is 0.347. The zero-order valence-corrected chi connectivity index (χ0v) is 6.92. The van der Waals surface area contributed by atoms with Crippen molar-refractivity contribution in [2.75, 3.05) is 19.8 Å². The van der Waals surface area contributed by atoms with Gasteiger partial charge in [0.1, 0.15) is 0 Å². The summed E-state index contributed by atoms with van der Waals surface area (Å²) in [7, 11) is 0. The zero-order chi connectivity index (χ0) is 8.10. The fraction of sp³-hybridized carbons (Fsp3) is 0.875. The third-order valence-corrected chi connectivity index (χ3v) is 2.02. The topological polar surface area (TPSA) is 36.3 Å². The van der Waals surface area contributed by atoms with Crippen LogP contribution in [-0.4, -0.2) is 30.7 Å². The average molecular weight is 154 g/mol. The Kier molecular flexibility index (Phi) is 3.18. The second kappa shape index (κ2) is 4.20. The lowest BCUT2D eigenvalue weighted by molar-refractivity contribution is 0.103. The van der Waals surface area contributed by atoms with E-state index in [0.29, 0.717) is 12.6 Å². The van der Waals surface area contributed by atoms with Gasteiger partial charge in [-0.15, -0.1) is 0 Å². The molecular formula is C8H14N2O. The summed E-state index contributed by atoms with van der Waals surface area (Å²) in [5.41, 5.74) is 0. The predicted molar refractivity (Wildman–Crippen MR) is 41.8 cm³/mol. The maximum Gasteiger partial charge on any atom is 0.179 e. The molecule has 1 aliphatic rings. The number of rotatable bonds is 3. The normalized spacial score (nSPS) is 23.6. The van der Waals surface area contributed by atoms with Crippen molar-refractivity contribution in [1.29, 1.82) is 5.26 Å². The Bertz CT molecular complexity index is 153. The molecule has 0 radical (unpaired) electrons. The van der Waals surface area contributed by atoms with Gasteiger partial charge in [0, 0.05) is 13.2 Å². The Morgan fingerprint density at radius 1 is 1.73 bits per heavy atom. The molecule has 0 amide bonds. The fourth-order valence-corrected chi connectivity index (χ4v) is 1.39.